The monoisotopic (exact) mass is 215 g/mol. The summed E-state index contributed by atoms with van der Waals surface area (Å²) in [5, 5.41) is 18.5. The number of aliphatic hydroxyl groups excluding tert-OH is 1. The number of rotatable bonds is 2. The zero-order valence-electron chi connectivity index (χ0n) is 9.94. The fraction of sp³-hybridized carbons (Fsp3) is 0.357. The lowest BCUT2D eigenvalue weighted by molar-refractivity contribution is 0.106. The summed E-state index contributed by atoms with van der Waals surface area (Å²) in [6, 6.07) is 9.33. The van der Waals surface area contributed by atoms with E-state index in [9.17, 15) is 5.11 Å². The van der Waals surface area contributed by atoms with Crippen LogP contribution < -0.4 is 0 Å². The summed E-state index contributed by atoms with van der Waals surface area (Å²) in [6.45, 7) is 5.96. The van der Waals surface area contributed by atoms with Gasteiger partial charge in [0.1, 0.15) is 0 Å². The SMILES string of the molecule is CC(C)(C)C(O)C=Cc1ccc(C#N)cc1. The molecule has 0 aliphatic rings. The van der Waals surface area contributed by atoms with Gasteiger partial charge in [-0.05, 0) is 23.1 Å². The zero-order chi connectivity index (χ0) is 12.2. The maximum Gasteiger partial charge on any atom is 0.0991 e. The van der Waals surface area contributed by atoms with E-state index < -0.39 is 6.10 Å². The van der Waals surface area contributed by atoms with Crippen LogP contribution in [0.5, 0.6) is 0 Å². The number of hydrogen-bond donors (Lipinski definition) is 1. The van der Waals surface area contributed by atoms with Gasteiger partial charge in [-0.1, -0.05) is 45.1 Å². The summed E-state index contributed by atoms with van der Waals surface area (Å²) in [5.41, 5.74) is 1.49. The fourth-order valence-corrected chi connectivity index (χ4v) is 1.16. The average Bonchev–Trinajstić information content (AvgIpc) is 2.25. The molecule has 0 aromatic heterocycles. The summed E-state index contributed by atoms with van der Waals surface area (Å²) in [7, 11) is 0. The van der Waals surface area contributed by atoms with Crippen LogP contribution in [-0.2, 0) is 0 Å². The van der Waals surface area contributed by atoms with Crippen molar-refractivity contribution in [2.45, 2.75) is 26.9 Å². The van der Waals surface area contributed by atoms with E-state index in [-0.39, 0.29) is 5.41 Å². The van der Waals surface area contributed by atoms with Gasteiger partial charge in [0.05, 0.1) is 17.7 Å². The quantitative estimate of drug-likeness (QED) is 0.824. The standard InChI is InChI=1S/C14H17NO/c1-14(2,3)13(16)9-8-11-4-6-12(10-15)7-5-11/h4-9,13,16H,1-3H3. The van der Waals surface area contributed by atoms with E-state index in [4.69, 9.17) is 5.26 Å². The molecule has 0 aliphatic carbocycles. The number of aliphatic hydroxyl groups is 1. The molecule has 1 aromatic carbocycles. The van der Waals surface area contributed by atoms with Gasteiger partial charge < -0.3 is 5.11 Å². The van der Waals surface area contributed by atoms with Crippen molar-refractivity contribution in [2.75, 3.05) is 0 Å². The van der Waals surface area contributed by atoms with Crippen molar-refractivity contribution >= 4 is 6.08 Å². The largest absolute Gasteiger partial charge is 0.388 e. The molecule has 84 valence electrons. The third kappa shape index (κ3) is 3.52. The van der Waals surface area contributed by atoms with Crippen molar-refractivity contribution in [2.24, 2.45) is 5.41 Å². The van der Waals surface area contributed by atoms with E-state index in [1.165, 1.54) is 0 Å². The van der Waals surface area contributed by atoms with Crippen LogP contribution >= 0.6 is 0 Å². The van der Waals surface area contributed by atoms with Crippen molar-refractivity contribution in [1.29, 1.82) is 5.26 Å². The lowest BCUT2D eigenvalue weighted by Crippen LogP contribution is -2.23. The first-order chi connectivity index (χ1) is 7.43. The van der Waals surface area contributed by atoms with Crippen LogP contribution in [0.25, 0.3) is 6.08 Å². The Morgan fingerprint density at radius 1 is 1.25 bits per heavy atom. The van der Waals surface area contributed by atoms with E-state index in [0.717, 1.165) is 5.56 Å². The number of nitriles is 1. The smallest absolute Gasteiger partial charge is 0.0991 e. The highest BCUT2D eigenvalue weighted by Gasteiger charge is 2.18. The van der Waals surface area contributed by atoms with Crippen molar-refractivity contribution in [3.63, 3.8) is 0 Å². The predicted octanol–water partition coefficient (Wildman–Crippen LogP) is 2.98. The first-order valence-corrected chi connectivity index (χ1v) is 5.30. The molecule has 0 saturated heterocycles. The predicted molar refractivity (Wildman–Crippen MR) is 65.7 cm³/mol. The van der Waals surface area contributed by atoms with Crippen LogP contribution in [0.15, 0.2) is 30.3 Å². The van der Waals surface area contributed by atoms with Gasteiger partial charge in [0.25, 0.3) is 0 Å². The molecule has 1 atom stereocenters. The third-order valence-electron chi connectivity index (χ3n) is 2.40. The van der Waals surface area contributed by atoms with E-state index in [1.807, 2.05) is 39.0 Å². The zero-order valence-corrected chi connectivity index (χ0v) is 9.94. The van der Waals surface area contributed by atoms with Gasteiger partial charge in [-0.15, -0.1) is 0 Å². The molecule has 1 unspecified atom stereocenters. The van der Waals surface area contributed by atoms with Crippen LogP contribution in [0.3, 0.4) is 0 Å². The Bertz CT molecular complexity index is 404. The van der Waals surface area contributed by atoms with Crippen molar-refractivity contribution in [1.82, 2.24) is 0 Å². The molecule has 0 saturated carbocycles. The maximum atomic E-state index is 9.81. The van der Waals surface area contributed by atoms with Crippen LogP contribution in [0, 0.1) is 16.7 Å². The van der Waals surface area contributed by atoms with Crippen molar-refractivity contribution < 1.29 is 5.11 Å². The Morgan fingerprint density at radius 2 is 1.81 bits per heavy atom. The molecule has 0 heterocycles. The number of hydrogen-bond acceptors (Lipinski definition) is 2. The Hall–Kier alpha value is -1.59. The number of benzene rings is 1. The van der Waals surface area contributed by atoms with Crippen molar-refractivity contribution in [3.8, 4) is 6.07 Å². The summed E-state index contributed by atoms with van der Waals surface area (Å²) in [5.74, 6) is 0. The topological polar surface area (TPSA) is 44.0 Å². The Kier molecular flexibility index (Phi) is 3.87. The van der Waals surface area contributed by atoms with Gasteiger partial charge in [-0.3, -0.25) is 0 Å². The van der Waals surface area contributed by atoms with Gasteiger partial charge >= 0.3 is 0 Å². The van der Waals surface area contributed by atoms with Crippen LogP contribution in [0.2, 0.25) is 0 Å². The first-order valence-electron chi connectivity index (χ1n) is 5.30. The van der Waals surface area contributed by atoms with Crippen LogP contribution in [0.1, 0.15) is 31.9 Å². The summed E-state index contributed by atoms with van der Waals surface area (Å²) >= 11 is 0. The van der Waals surface area contributed by atoms with Crippen LogP contribution in [0.4, 0.5) is 0 Å². The molecule has 1 N–H and O–H groups in total. The molecule has 0 radical (unpaired) electrons. The van der Waals surface area contributed by atoms with Crippen LogP contribution in [-0.4, -0.2) is 11.2 Å². The number of nitrogens with zero attached hydrogens (tertiary/aromatic N) is 1. The second-order valence-corrected chi connectivity index (χ2v) is 4.90. The molecule has 1 aromatic rings. The second kappa shape index (κ2) is 4.96. The lowest BCUT2D eigenvalue weighted by atomic mass is 9.89. The summed E-state index contributed by atoms with van der Waals surface area (Å²) < 4.78 is 0. The first kappa shape index (κ1) is 12.5. The molecule has 2 heteroatoms. The molecule has 2 nitrogen and oxygen atoms in total. The van der Waals surface area contributed by atoms with E-state index in [1.54, 1.807) is 18.2 Å². The van der Waals surface area contributed by atoms with Gasteiger partial charge in [0.2, 0.25) is 0 Å². The normalized spacial score (nSPS) is 13.7. The highest BCUT2D eigenvalue weighted by molar-refractivity contribution is 5.51. The molecular weight excluding hydrogens is 198 g/mol. The molecular formula is C14H17NO. The minimum absolute atomic E-state index is 0.150. The van der Waals surface area contributed by atoms with E-state index >= 15 is 0 Å². The van der Waals surface area contributed by atoms with E-state index in [0.29, 0.717) is 5.56 Å². The highest BCUT2D eigenvalue weighted by atomic mass is 16.3. The maximum absolute atomic E-state index is 9.81. The lowest BCUT2D eigenvalue weighted by Gasteiger charge is -2.22. The summed E-state index contributed by atoms with van der Waals surface area (Å²) in [6.07, 6.45) is 3.18. The molecule has 0 aliphatic heterocycles. The van der Waals surface area contributed by atoms with Crippen molar-refractivity contribution in [3.05, 3.63) is 41.5 Å². The molecule has 0 spiro atoms. The molecule has 0 bridgehead atoms. The molecule has 16 heavy (non-hydrogen) atoms. The van der Waals surface area contributed by atoms with E-state index in [2.05, 4.69) is 6.07 Å². The van der Waals surface area contributed by atoms with Gasteiger partial charge in [-0.2, -0.15) is 5.26 Å². The minimum atomic E-state index is -0.469. The molecule has 0 fully saturated rings. The molecule has 0 amide bonds. The average molecular weight is 215 g/mol. The second-order valence-electron chi connectivity index (χ2n) is 4.90. The Labute approximate surface area is 96.8 Å². The molecule has 1 rings (SSSR count). The highest BCUT2D eigenvalue weighted by Crippen LogP contribution is 2.20. The van der Waals surface area contributed by atoms with Gasteiger partial charge in [0.15, 0.2) is 0 Å². The minimum Gasteiger partial charge on any atom is -0.388 e. The fourth-order valence-electron chi connectivity index (χ4n) is 1.16. The Morgan fingerprint density at radius 3 is 2.25 bits per heavy atom. The Balaban J connectivity index is 2.74. The summed E-state index contributed by atoms with van der Waals surface area (Å²) in [4.78, 5) is 0. The third-order valence-corrected chi connectivity index (χ3v) is 2.40. The van der Waals surface area contributed by atoms with Gasteiger partial charge in [0, 0.05) is 0 Å². The van der Waals surface area contributed by atoms with Gasteiger partial charge in [-0.25, -0.2) is 0 Å².